The van der Waals surface area contributed by atoms with Gasteiger partial charge in [0.1, 0.15) is 0 Å². The molecule has 12 heteroatoms. The quantitative estimate of drug-likeness (QED) is 0.555. The number of sulfonamides is 1. The smallest absolute Gasteiger partial charge is 0.244 e. The zero-order chi connectivity index (χ0) is 22.5. The third-order valence-corrected chi connectivity index (χ3v) is 9.73. The fraction of sp³-hybridized carbons (Fsp3) is 0.500. The molecule has 170 valence electrons. The lowest BCUT2D eigenvalue weighted by Gasteiger charge is -2.31. The van der Waals surface area contributed by atoms with Crippen LogP contribution in [0.4, 0.5) is 5.13 Å². The highest BCUT2D eigenvalue weighted by Crippen LogP contribution is 2.41. The molecule has 3 aromatic rings. The van der Waals surface area contributed by atoms with Crippen molar-refractivity contribution in [1.82, 2.24) is 19.4 Å². The van der Waals surface area contributed by atoms with Crippen molar-refractivity contribution in [3.8, 4) is 10.7 Å². The number of carbonyl (C=O) groups excluding carboxylic acids is 1. The summed E-state index contributed by atoms with van der Waals surface area (Å²) in [6, 6.07) is 1.62. The molecule has 1 saturated carbocycles. The summed E-state index contributed by atoms with van der Waals surface area (Å²) in [6.45, 7) is 4.18. The lowest BCUT2D eigenvalue weighted by atomic mass is 9.99. The van der Waals surface area contributed by atoms with Crippen LogP contribution in [0.5, 0.6) is 0 Å². The number of amides is 1. The average Bonchev–Trinajstić information content (AvgIpc) is 3.15. The molecule has 1 atom stereocenters. The molecule has 0 unspecified atom stereocenters. The average molecular weight is 494 g/mol. The second kappa shape index (κ2) is 8.32. The number of carbonyl (C=O) groups is 1. The van der Waals surface area contributed by atoms with Gasteiger partial charge in [-0.05, 0) is 45.6 Å². The first-order chi connectivity index (χ1) is 15.3. The van der Waals surface area contributed by atoms with Gasteiger partial charge in [-0.15, -0.1) is 22.7 Å². The molecule has 0 bridgehead atoms. The van der Waals surface area contributed by atoms with Gasteiger partial charge in [-0.3, -0.25) is 4.79 Å². The number of nitrogens with zero attached hydrogens (tertiary/aromatic N) is 4. The standard InChI is InChI=1S/C20H23N5O4S3/c1-11-10-30-20(21-11)23-18(26)14-4-3-7-25(9-14)32(27,28)16-8-15(31-12(16)2)17-22-19(29-24-17)13-5-6-13/h8,10,13-14H,3-7,9H2,1-2H3,(H,21,23,26)/t14-/m1/s1. The van der Waals surface area contributed by atoms with Crippen LogP contribution in [0.25, 0.3) is 10.7 Å². The summed E-state index contributed by atoms with van der Waals surface area (Å²) < 4.78 is 33.6. The lowest BCUT2D eigenvalue weighted by Crippen LogP contribution is -2.43. The van der Waals surface area contributed by atoms with E-state index in [0.717, 1.165) is 18.5 Å². The van der Waals surface area contributed by atoms with E-state index in [4.69, 9.17) is 4.52 Å². The Balaban J connectivity index is 1.33. The summed E-state index contributed by atoms with van der Waals surface area (Å²) >= 11 is 2.70. The number of thiophene rings is 1. The maximum Gasteiger partial charge on any atom is 0.244 e. The highest BCUT2D eigenvalue weighted by molar-refractivity contribution is 7.89. The van der Waals surface area contributed by atoms with E-state index in [1.54, 1.807) is 13.0 Å². The van der Waals surface area contributed by atoms with Crippen molar-refractivity contribution < 1.29 is 17.7 Å². The van der Waals surface area contributed by atoms with Crippen molar-refractivity contribution in [1.29, 1.82) is 0 Å². The summed E-state index contributed by atoms with van der Waals surface area (Å²) in [6.07, 6.45) is 3.37. The van der Waals surface area contributed by atoms with E-state index in [9.17, 15) is 13.2 Å². The van der Waals surface area contributed by atoms with Crippen molar-refractivity contribution >= 4 is 43.7 Å². The number of anilines is 1. The van der Waals surface area contributed by atoms with Crippen LogP contribution in [0.1, 0.15) is 48.1 Å². The summed E-state index contributed by atoms with van der Waals surface area (Å²) in [5, 5.41) is 9.25. The Bertz CT molecular complexity index is 1260. The van der Waals surface area contributed by atoms with Crippen molar-refractivity contribution in [3.63, 3.8) is 0 Å². The zero-order valence-electron chi connectivity index (χ0n) is 17.7. The summed E-state index contributed by atoms with van der Waals surface area (Å²) in [5.74, 6) is 0.776. The molecule has 32 heavy (non-hydrogen) atoms. The Hall–Kier alpha value is -2.15. The molecular formula is C20H23N5O4S3. The van der Waals surface area contributed by atoms with Gasteiger partial charge in [0.05, 0.1) is 21.4 Å². The van der Waals surface area contributed by atoms with Crippen LogP contribution in [-0.2, 0) is 14.8 Å². The van der Waals surface area contributed by atoms with Crippen LogP contribution in [-0.4, -0.2) is 46.8 Å². The van der Waals surface area contributed by atoms with Gasteiger partial charge in [-0.1, -0.05) is 5.16 Å². The number of thiazole rings is 1. The van der Waals surface area contributed by atoms with E-state index >= 15 is 0 Å². The fourth-order valence-corrected chi connectivity index (χ4v) is 7.50. The van der Waals surface area contributed by atoms with E-state index in [1.807, 2.05) is 12.3 Å². The Labute approximate surface area is 193 Å². The van der Waals surface area contributed by atoms with Gasteiger partial charge in [0.15, 0.2) is 5.13 Å². The van der Waals surface area contributed by atoms with Gasteiger partial charge in [-0.25, -0.2) is 13.4 Å². The lowest BCUT2D eigenvalue weighted by molar-refractivity contribution is -0.120. The zero-order valence-corrected chi connectivity index (χ0v) is 20.1. The molecule has 0 spiro atoms. The fourth-order valence-electron chi connectivity index (χ4n) is 3.80. The van der Waals surface area contributed by atoms with Gasteiger partial charge < -0.3 is 9.84 Å². The molecule has 9 nitrogen and oxygen atoms in total. The van der Waals surface area contributed by atoms with Crippen molar-refractivity contribution in [2.45, 2.75) is 50.3 Å². The number of nitrogens with one attached hydrogen (secondary N) is 1. The van der Waals surface area contributed by atoms with Gasteiger partial charge in [0.25, 0.3) is 0 Å². The van der Waals surface area contributed by atoms with Crippen LogP contribution >= 0.6 is 22.7 Å². The number of aryl methyl sites for hydroxylation is 2. The Morgan fingerprint density at radius 1 is 1.25 bits per heavy atom. The van der Waals surface area contributed by atoms with E-state index in [0.29, 0.717) is 51.9 Å². The molecule has 0 radical (unpaired) electrons. The SMILES string of the molecule is Cc1csc(NC(=O)[C@@H]2CCCN(S(=O)(=O)c3cc(-c4noc(C5CC5)n4)sc3C)C2)n1. The molecule has 2 aliphatic rings. The number of aromatic nitrogens is 3. The molecule has 4 heterocycles. The van der Waals surface area contributed by atoms with Crippen LogP contribution in [0.3, 0.4) is 0 Å². The molecule has 1 aliphatic heterocycles. The molecule has 1 amide bonds. The number of hydrogen-bond donors (Lipinski definition) is 1. The highest BCUT2D eigenvalue weighted by atomic mass is 32.2. The van der Waals surface area contributed by atoms with E-state index < -0.39 is 15.9 Å². The predicted molar refractivity (Wildman–Crippen MR) is 121 cm³/mol. The van der Waals surface area contributed by atoms with Crippen LogP contribution in [0, 0.1) is 19.8 Å². The normalized spacial score (nSPS) is 19.9. The maximum atomic E-state index is 13.4. The predicted octanol–water partition coefficient (Wildman–Crippen LogP) is 3.79. The first kappa shape index (κ1) is 21.7. The van der Waals surface area contributed by atoms with E-state index in [-0.39, 0.29) is 17.3 Å². The van der Waals surface area contributed by atoms with Gasteiger partial charge in [0.2, 0.25) is 27.6 Å². The van der Waals surface area contributed by atoms with E-state index in [2.05, 4.69) is 20.4 Å². The Kier molecular flexibility index (Phi) is 5.64. The second-order valence-electron chi connectivity index (χ2n) is 8.25. The van der Waals surface area contributed by atoms with Crippen molar-refractivity contribution in [3.05, 3.63) is 27.9 Å². The minimum atomic E-state index is -3.75. The first-order valence-electron chi connectivity index (χ1n) is 10.5. The molecule has 0 aromatic carbocycles. The van der Waals surface area contributed by atoms with Gasteiger partial charge in [-0.2, -0.15) is 9.29 Å². The van der Waals surface area contributed by atoms with E-state index in [1.165, 1.54) is 27.0 Å². The monoisotopic (exact) mass is 493 g/mol. The molecule has 5 rings (SSSR count). The topological polar surface area (TPSA) is 118 Å². The number of rotatable bonds is 6. The maximum absolute atomic E-state index is 13.4. The summed E-state index contributed by atoms with van der Waals surface area (Å²) in [7, 11) is -3.75. The third kappa shape index (κ3) is 4.24. The van der Waals surface area contributed by atoms with Gasteiger partial charge >= 0.3 is 0 Å². The second-order valence-corrected chi connectivity index (χ2v) is 12.3. The minimum absolute atomic E-state index is 0.150. The Morgan fingerprint density at radius 3 is 2.78 bits per heavy atom. The van der Waals surface area contributed by atoms with Crippen molar-refractivity contribution in [2.24, 2.45) is 5.92 Å². The molecule has 2 fully saturated rings. The summed E-state index contributed by atoms with van der Waals surface area (Å²) in [4.78, 5) is 23.0. The molecule has 1 N–H and O–H groups in total. The first-order valence-corrected chi connectivity index (χ1v) is 13.6. The van der Waals surface area contributed by atoms with Gasteiger partial charge in [0, 0.05) is 29.3 Å². The largest absolute Gasteiger partial charge is 0.339 e. The summed E-state index contributed by atoms with van der Waals surface area (Å²) in [5.41, 5.74) is 0.840. The third-order valence-electron chi connectivity index (χ3n) is 5.68. The highest BCUT2D eigenvalue weighted by Gasteiger charge is 2.36. The van der Waals surface area contributed by atoms with Crippen LogP contribution < -0.4 is 5.32 Å². The molecule has 1 aliphatic carbocycles. The van der Waals surface area contributed by atoms with Crippen molar-refractivity contribution in [2.75, 3.05) is 18.4 Å². The minimum Gasteiger partial charge on any atom is -0.339 e. The van der Waals surface area contributed by atoms with Crippen LogP contribution in [0.2, 0.25) is 0 Å². The molecule has 3 aromatic heterocycles. The molecular weight excluding hydrogens is 470 g/mol. The Morgan fingerprint density at radius 2 is 2.06 bits per heavy atom. The number of piperidine rings is 1. The number of hydrogen-bond acceptors (Lipinski definition) is 9. The van der Waals surface area contributed by atoms with Crippen LogP contribution in [0.15, 0.2) is 20.9 Å². The molecule has 1 saturated heterocycles.